The summed E-state index contributed by atoms with van der Waals surface area (Å²) in [6.45, 7) is 0. The Morgan fingerprint density at radius 1 is 1.35 bits per heavy atom. The minimum Gasteiger partial charge on any atom is -0.383 e. The summed E-state index contributed by atoms with van der Waals surface area (Å²) < 4.78 is 17.2. The molecule has 2 aromatic heterocycles. The molecule has 4 rings (SSSR count). The molecular formula is C14H14FN5. The SMILES string of the molecule is Cn1ncc(-c2nc3ccc(F)cc3n2C2CC2)c1N. The van der Waals surface area contributed by atoms with Gasteiger partial charge in [-0.15, -0.1) is 0 Å². The lowest BCUT2D eigenvalue weighted by atomic mass is 10.3. The van der Waals surface area contributed by atoms with Crippen LogP contribution in [0.4, 0.5) is 10.2 Å². The van der Waals surface area contributed by atoms with Gasteiger partial charge in [0.25, 0.3) is 0 Å². The van der Waals surface area contributed by atoms with E-state index in [0.717, 1.165) is 35.3 Å². The summed E-state index contributed by atoms with van der Waals surface area (Å²) in [5.74, 6) is 1.10. The number of halogens is 1. The van der Waals surface area contributed by atoms with Gasteiger partial charge in [0.2, 0.25) is 0 Å². The van der Waals surface area contributed by atoms with Gasteiger partial charge in [0, 0.05) is 13.1 Å². The van der Waals surface area contributed by atoms with Crippen molar-refractivity contribution < 1.29 is 4.39 Å². The van der Waals surface area contributed by atoms with E-state index in [-0.39, 0.29) is 5.82 Å². The molecular weight excluding hydrogens is 257 g/mol. The molecule has 0 radical (unpaired) electrons. The molecule has 1 aliphatic rings. The predicted molar refractivity (Wildman–Crippen MR) is 74.6 cm³/mol. The molecule has 1 aliphatic carbocycles. The molecule has 1 saturated carbocycles. The van der Waals surface area contributed by atoms with Crippen LogP contribution in [0.5, 0.6) is 0 Å². The Morgan fingerprint density at radius 2 is 2.15 bits per heavy atom. The van der Waals surface area contributed by atoms with E-state index in [1.54, 1.807) is 24.0 Å². The number of imidazole rings is 1. The van der Waals surface area contributed by atoms with Crippen molar-refractivity contribution in [2.24, 2.45) is 7.05 Å². The fourth-order valence-electron chi connectivity index (χ4n) is 2.58. The van der Waals surface area contributed by atoms with Gasteiger partial charge in [0.15, 0.2) is 0 Å². The third kappa shape index (κ3) is 1.54. The second kappa shape index (κ2) is 3.82. The van der Waals surface area contributed by atoms with Gasteiger partial charge in [-0.2, -0.15) is 5.10 Å². The number of hydrogen-bond donors (Lipinski definition) is 1. The first-order valence-electron chi connectivity index (χ1n) is 6.60. The fourth-order valence-corrected chi connectivity index (χ4v) is 2.58. The number of anilines is 1. The Balaban J connectivity index is 2.03. The van der Waals surface area contributed by atoms with Crippen molar-refractivity contribution >= 4 is 16.9 Å². The molecule has 0 bridgehead atoms. The van der Waals surface area contributed by atoms with Crippen molar-refractivity contribution in [1.29, 1.82) is 0 Å². The first-order valence-corrected chi connectivity index (χ1v) is 6.60. The highest BCUT2D eigenvalue weighted by Gasteiger charge is 2.30. The molecule has 2 heterocycles. The van der Waals surface area contributed by atoms with E-state index in [2.05, 4.69) is 14.6 Å². The normalized spacial score (nSPS) is 15.1. The van der Waals surface area contributed by atoms with Crippen LogP contribution >= 0.6 is 0 Å². The van der Waals surface area contributed by atoms with Gasteiger partial charge in [-0.25, -0.2) is 9.37 Å². The molecule has 0 spiro atoms. The lowest BCUT2D eigenvalue weighted by Gasteiger charge is -2.07. The summed E-state index contributed by atoms with van der Waals surface area (Å²) in [4.78, 5) is 4.62. The van der Waals surface area contributed by atoms with E-state index in [9.17, 15) is 4.39 Å². The van der Waals surface area contributed by atoms with Crippen LogP contribution in [0.15, 0.2) is 24.4 Å². The van der Waals surface area contributed by atoms with Crippen LogP contribution in [-0.4, -0.2) is 19.3 Å². The van der Waals surface area contributed by atoms with Crippen molar-refractivity contribution in [3.8, 4) is 11.4 Å². The zero-order valence-electron chi connectivity index (χ0n) is 11.0. The molecule has 1 fully saturated rings. The zero-order valence-corrected chi connectivity index (χ0v) is 11.0. The fraction of sp³-hybridized carbons (Fsp3) is 0.286. The van der Waals surface area contributed by atoms with Gasteiger partial charge in [-0.05, 0) is 31.0 Å². The molecule has 0 amide bonds. The zero-order chi connectivity index (χ0) is 13.9. The highest BCUT2D eigenvalue weighted by molar-refractivity contribution is 5.83. The quantitative estimate of drug-likeness (QED) is 0.779. The first-order chi connectivity index (χ1) is 9.65. The average Bonchev–Trinajstić information content (AvgIpc) is 3.12. The number of nitrogen functional groups attached to an aromatic ring is 1. The van der Waals surface area contributed by atoms with E-state index in [1.165, 1.54) is 12.1 Å². The van der Waals surface area contributed by atoms with E-state index < -0.39 is 0 Å². The van der Waals surface area contributed by atoms with Gasteiger partial charge < -0.3 is 10.3 Å². The van der Waals surface area contributed by atoms with Gasteiger partial charge in [-0.1, -0.05) is 0 Å². The maximum absolute atomic E-state index is 13.5. The summed E-state index contributed by atoms with van der Waals surface area (Å²) in [6.07, 6.45) is 3.90. The van der Waals surface area contributed by atoms with Crippen LogP contribution in [0.1, 0.15) is 18.9 Å². The number of nitrogens with two attached hydrogens (primary N) is 1. The molecule has 0 saturated heterocycles. The van der Waals surface area contributed by atoms with Crippen molar-refractivity contribution in [2.75, 3.05) is 5.73 Å². The molecule has 1 aromatic carbocycles. The third-order valence-corrected chi connectivity index (χ3v) is 3.79. The third-order valence-electron chi connectivity index (χ3n) is 3.79. The average molecular weight is 271 g/mol. The van der Waals surface area contributed by atoms with E-state index in [0.29, 0.717) is 11.9 Å². The van der Waals surface area contributed by atoms with E-state index in [1.807, 2.05) is 0 Å². The Morgan fingerprint density at radius 3 is 2.80 bits per heavy atom. The number of rotatable bonds is 2. The highest BCUT2D eigenvalue weighted by atomic mass is 19.1. The van der Waals surface area contributed by atoms with Crippen LogP contribution in [0.3, 0.4) is 0 Å². The van der Waals surface area contributed by atoms with Gasteiger partial charge in [-0.3, -0.25) is 4.68 Å². The minimum absolute atomic E-state index is 0.245. The summed E-state index contributed by atoms with van der Waals surface area (Å²) in [7, 11) is 1.79. The predicted octanol–water partition coefficient (Wildman–Crippen LogP) is 2.49. The second-order valence-electron chi connectivity index (χ2n) is 5.24. The molecule has 0 unspecified atom stereocenters. The maximum Gasteiger partial charge on any atom is 0.146 e. The van der Waals surface area contributed by atoms with E-state index >= 15 is 0 Å². The van der Waals surface area contributed by atoms with Crippen LogP contribution in [0.2, 0.25) is 0 Å². The molecule has 2 N–H and O–H groups in total. The number of benzene rings is 1. The smallest absolute Gasteiger partial charge is 0.146 e. The number of aromatic nitrogens is 4. The lowest BCUT2D eigenvalue weighted by Crippen LogP contribution is -2.01. The second-order valence-corrected chi connectivity index (χ2v) is 5.24. The highest BCUT2D eigenvalue weighted by Crippen LogP contribution is 2.42. The minimum atomic E-state index is -0.245. The number of hydrogen-bond acceptors (Lipinski definition) is 3. The molecule has 5 nitrogen and oxygen atoms in total. The molecule has 3 aromatic rings. The summed E-state index contributed by atoms with van der Waals surface area (Å²) >= 11 is 0. The standard InChI is InChI=1S/C14H14FN5/c1-19-13(16)10(7-17-19)14-18-11-5-2-8(15)6-12(11)20(14)9-3-4-9/h2,5-7,9H,3-4,16H2,1H3. The molecule has 6 heteroatoms. The number of fused-ring (bicyclic) bond motifs is 1. The molecule has 0 aliphatic heterocycles. The van der Waals surface area contributed by atoms with Crippen molar-refractivity contribution in [3.63, 3.8) is 0 Å². The van der Waals surface area contributed by atoms with E-state index in [4.69, 9.17) is 5.73 Å². The topological polar surface area (TPSA) is 61.7 Å². The Hall–Kier alpha value is -2.37. The van der Waals surface area contributed by atoms with Gasteiger partial charge >= 0.3 is 0 Å². The summed E-state index contributed by atoms with van der Waals surface area (Å²) in [5, 5.41) is 4.17. The summed E-state index contributed by atoms with van der Waals surface area (Å²) in [6, 6.07) is 5.07. The Labute approximate surface area is 114 Å². The largest absolute Gasteiger partial charge is 0.383 e. The molecule has 20 heavy (non-hydrogen) atoms. The molecule has 102 valence electrons. The van der Waals surface area contributed by atoms with Crippen LogP contribution in [0.25, 0.3) is 22.4 Å². The first kappa shape index (κ1) is 11.5. The lowest BCUT2D eigenvalue weighted by molar-refractivity contribution is 0.628. The Kier molecular flexibility index (Phi) is 2.19. The van der Waals surface area contributed by atoms with Crippen LogP contribution < -0.4 is 5.73 Å². The van der Waals surface area contributed by atoms with Crippen molar-refractivity contribution in [3.05, 3.63) is 30.2 Å². The number of nitrogens with zero attached hydrogens (tertiary/aromatic N) is 4. The maximum atomic E-state index is 13.5. The van der Waals surface area contributed by atoms with Crippen molar-refractivity contribution in [1.82, 2.24) is 19.3 Å². The molecule has 0 atom stereocenters. The Bertz CT molecular complexity index is 812. The monoisotopic (exact) mass is 271 g/mol. The van der Waals surface area contributed by atoms with Gasteiger partial charge in [0.05, 0.1) is 22.8 Å². The van der Waals surface area contributed by atoms with Gasteiger partial charge in [0.1, 0.15) is 17.5 Å². The van der Waals surface area contributed by atoms with Crippen LogP contribution in [0, 0.1) is 5.82 Å². The number of aryl methyl sites for hydroxylation is 1. The van der Waals surface area contributed by atoms with Crippen LogP contribution in [-0.2, 0) is 7.05 Å². The van der Waals surface area contributed by atoms with Crippen molar-refractivity contribution in [2.45, 2.75) is 18.9 Å². The summed E-state index contributed by atoms with van der Waals surface area (Å²) in [5.41, 5.74) is 8.46.